The van der Waals surface area contributed by atoms with Crippen molar-refractivity contribution >= 4 is 9.84 Å². The van der Waals surface area contributed by atoms with Gasteiger partial charge in [-0.1, -0.05) is 19.8 Å². The molecule has 0 saturated heterocycles. The lowest BCUT2D eigenvalue weighted by Crippen LogP contribution is -2.25. The molecular weight excluding hydrogens is 238 g/mol. The topological polar surface area (TPSA) is 55.4 Å². The number of hydrogen-bond donors (Lipinski definition) is 1. The van der Waals surface area contributed by atoms with Gasteiger partial charge in [0.25, 0.3) is 0 Å². The van der Waals surface area contributed by atoms with E-state index in [1.165, 1.54) is 0 Å². The van der Waals surface area contributed by atoms with E-state index in [0.29, 0.717) is 12.3 Å². The van der Waals surface area contributed by atoms with Crippen LogP contribution in [0.25, 0.3) is 0 Å². The van der Waals surface area contributed by atoms with Crippen LogP contribution in [-0.2, 0) is 14.6 Å². The Bertz CT molecular complexity index is 252. The molecule has 0 bridgehead atoms. The molecule has 17 heavy (non-hydrogen) atoms. The fourth-order valence-corrected chi connectivity index (χ4v) is 2.77. The van der Waals surface area contributed by atoms with Crippen LogP contribution < -0.4 is 5.32 Å². The van der Waals surface area contributed by atoms with Crippen molar-refractivity contribution in [2.45, 2.75) is 39.5 Å². The summed E-state index contributed by atoms with van der Waals surface area (Å²) in [6, 6.07) is 0. The van der Waals surface area contributed by atoms with Crippen molar-refractivity contribution in [1.29, 1.82) is 0 Å². The Morgan fingerprint density at radius 3 is 2.41 bits per heavy atom. The second-order valence-corrected chi connectivity index (χ2v) is 6.46. The molecule has 0 heterocycles. The van der Waals surface area contributed by atoms with Gasteiger partial charge in [0.15, 0.2) is 9.84 Å². The average molecular weight is 265 g/mol. The lowest BCUT2D eigenvalue weighted by Gasteiger charge is -2.06. The normalized spacial score (nSPS) is 11.9. The van der Waals surface area contributed by atoms with Gasteiger partial charge >= 0.3 is 0 Å². The quantitative estimate of drug-likeness (QED) is 0.545. The van der Waals surface area contributed by atoms with Crippen LogP contribution in [0.5, 0.6) is 0 Å². The molecule has 0 aliphatic carbocycles. The minimum atomic E-state index is -2.84. The van der Waals surface area contributed by atoms with Crippen LogP contribution in [-0.4, -0.2) is 46.2 Å². The lowest BCUT2D eigenvalue weighted by molar-refractivity contribution is 0.145. The van der Waals surface area contributed by atoms with Crippen molar-refractivity contribution in [2.75, 3.05) is 37.8 Å². The van der Waals surface area contributed by atoms with E-state index in [9.17, 15) is 8.42 Å². The number of hydrogen-bond acceptors (Lipinski definition) is 4. The van der Waals surface area contributed by atoms with Gasteiger partial charge in [-0.15, -0.1) is 0 Å². The zero-order chi connectivity index (χ0) is 13.0. The summed E-state index contributed by atoms with van der Waals surface area (Å²) in [4.78, 5) is 0. The molecule has 1 N–H and O–H groups in total. The molecule has 0 atom stereocenters. The highest BCUT2D eigenvalue weighted by atomic mass is 32.2. The maximum Gasteiger partial charge on any atom is 0.151 e. The van der Waals surface area contributed by atoms with Crippen molar-refractivity contribution in [2.24, 2.45) is 0 Å². The second kappa shape index (κ2) is 11.0. The summed E-state index contributed by atoms with van der Waals surface area (Å²) in [6.07, 6.45) is 3.79. The third-order valence-corrected chi connectivity index (χ3v) is 4.23. The Kier molecular flexibility index (Phi) is 10.9. The van der Waals surface area contributed by atoms with Gasteiger partial charge in [0.2, 0.25) is 0 Å². The zero-order valence-corrected chi connectivity index (χ0v) is 12.0. The predicted molar refractivity (Wildman–Crippen MR) is 72.2 cm³/mol. The molecule has 0 spiro atoms. The minimum Gasteiger partial charge on any atom is -0.382 e. The molecule has 0 aliphatic heterocycles. The molecule has 0 fully saturated rings. The fourth-order valence-electron chi connectivity index (χ4n) is 1.47. The number of ether oxygens (including phenoxy) is 1. The zero-order valence-electron chi connectivity index (χ0n) is 11.2. The van der Waals surface area contributed by atoms with Crippen LogP contribution in [0.3, 0.4) is 0 Å². The van der Waals surface area contributed by atoms with Crippen molar-refractivity contribution in [3.05, 3.63) is 0 Å². The van der Waals surface area contributed by atoms with E-state index in [0.717, 1.165) is 45.4 Å². The summed E-state index contributed by atoms with van der Waals surface area (Å²) >= 11 is 0. The van der Waals surface area contributed by atoms with Gasteiger partial charge in [0, 0.05) is 19.8 Å². The summed E-state index contributed by atoms with van der Waals surface area (Å²) < 4.78 is 28.3. The lowest BCUT2D eigenvalue weighted by atomic mass is 10.3. The first-order valence-corrected chi connectivity index (χ1v) is 8.43. The number of sulfone groups is 1. The molecule has 104 valence electrons. The van der Waals surface area contributed by atoms with Crippen LogP contribution in [0, 0.1) is 0 Å². The highest BCUT2D eigenvalue weighted by Gasteiger charge is 2.08. The van der Waals surface area contributed by atoms with Crippen molar-refractivity contribution < 1.29 is 13.2 Å². The van der Waals surface area contributed by atoms with Crippen molar-refractivity contribution in [3.63, 3.8) is 0 Å². The molecule has 0 aliphatic rings. The van der Waals surface area contributed by atoms with Crippen LogP contribution in [0.2, 0.25) is 0 Å². The molecule has 0 unspecified atom stereocenters. The Labute approximate surface area is 106 Å². The van der Waals surface area contributed by atoms with Gasteiger partial charge in [-0.2, -0.15) is 0 Å². The van der Waals surface area contributed by atoms with E-state index in [-0.39, 0.29) is 5.75 Å². The van der Waals surface area contributed by atoms with E-state index < -0.39 is 9.84 Å². The van der Waals surface area contributed by atoms with Gasteiger partial charge in [-0.3, -0.25) is 0 Å². The molecule has 4 nitrogen and oxygen atoms in total. The first kappa shape index (κ1) is 16.9. The molecule has 0 aromatic carbocycles. The largest absolute Gasteiger partial charge is 0.382 e. The van der Waals surface area contributed by atoms with E-state index in [1.54, 1.807) is 0 Å². The Morgan fingerprint density at radius 1 is 1.00 bits per heavy atom. The summed E-state index contributed by atoms with van der Waals surface area (Å²) in [6.45, 7) is 6.91. The monoisotopic (exact) mass is 265 g/mol. The molecular formula is C12H27NO3S. The van der Waals surface area contributed by atoms with Gasteiger partial charge in [-0.05, 0) is 26.3 Å². The van der Waals surface area contributed by atoms with E-state index >= 15 is 0 Å². The summed E-state index contributed by atoms with van der Waals surface area (Å²) in [7, 11) is -2.84. The number of rotatable bonds is 12. The first-order chi connectivity index (χ1) is 8.12. The van der Waals surface area contributed by atoms with E-state index in [1.807, 2.05) is 6.92 Å². The van der Waals surface area contributed by atoms with Crippen LogP contribution in [0.1, 0.15) is 39.5 Å². The fraction of sp³-hybridized carbons (Fsp3) is 1.00. The molecule has 0 amide bonds. The van der Waals surface area contributed by atoms with Gasteiger partial charge in [-0.25, -0.2) is 8.42 Å². The van der Waals surface area contributed by atoms with Crippen LogP contribution in [0.15, 0.2) is 0 Å². The molecule has 0 aromatic rings. The van der Waals surface area contributed by atoms with E-state index in [4.69, 9.17) is 4.74 Å². The maximum atomic E-state index is 11.6. The van der Waals surface area contributed by atoms with Gasteiger partial charge in [0.05, 0.1) is 11.5 Å². The molecule has 0 rings (SSSR count). The van der Waals surface area contributed by atoms with Crippen LogP contribution in [0.4, 0.5) is 0 Å². The first-order valence-electron chi connectivity index (χ1n) is 6.61. The summed E-state index contributed by atoms with van der Waals surface area (Å²) in [5, 5.41) is 3.13. The summed E-state index contributed by atoms with van der Waals surface area (Å²) in [5.74, 6) is 0.590. The van der Waals surface area contributed by atoms with Crippen molar-refractivity contribution in [1.82, 2.24) is 5.32 Å². The van der Waals surface area contributed by atoms with Crippen molar-refractivity contribution in [3.8, 4) is 0 Å². The SMILES string of the molecule is CCCCCS(=O)(=O)CCNCCCOCC. The summed E-state index contributed by atoms with van der Waals surface area (Å²) in [5.41, 5.74) is 0. The Balaban J connectivity index is 3.39. The molecule has 0 saturated carbocycles. The minimum absolute atomic E-state index is 0.255. The Hall–Kier alpha value is -0.130. The number of unbranched alkanes of at least 4 members (excludes halogenated alkanes) is 2. The highest BCUT2D eigenvalue weighted by molar-refractivity contribution is 7.91. The number of nitrogens with one attached hydrogen (secondary N) is 1. The van der Waals surface area contributed by atoms with E-state index in [2.05, 4.69) is 12.2 Å². The van der Waals surface area contributed by atoms with Gasteiger partial charge < -0.3 is 10.1 Å². The third-order valence-electron chi connectivity index (χ3n) is 2.50. The van der Waals surface area contributed by atoms with Crippen LogP contribution >= 0.6 is 0 Å². The predicted octanol–water partition coefficient (Wildman–Crippen LogP) is 1.61. The second-order valence-electron chi connectivity index (χ2n) is 4.16. The molecule has 0 aromatic heterocycles. The van der Waals surface area contributed by atoms with Gasteiger partial charge in [0.1, 0.15) is 0 Å². The average Bonchev–Trinajstić information content (AvgIpc) is 2.28. The maximum absolute atomic E-state index is 11.6. The third kappa shape index (κ3) is 12.1. The smallest absolute Gasteiger partial charge is 0.151 e. The standard InChI is InChI=1S/C12H27NO3S/c1-3-5-6-11-17(14,15)12-9-13-8-7-10-16-4-2/h13H,3-12H2,1-2H3. The Morgan fingerprint density at radius 2 is 1.76 bits per heavy atom. The highest BCUT2D eigenvalue weighted by Crippen LogP contribution is 1.99. The molecule has 0 radical (unpaired) electrons. The molecule has 5 heteroatoms.